The van der Waals surface area contributed by atoms with E-state index in [1.54, 1.807) is 24.0 Å². The van der Waals surface area contributed by atoms with Crippen molar-refractivity contribution in [1.29, 1.82) is 0 Å². The summed E-state index contributed by atoms with van der Waals surface area (Å²) in [6, 6.07) is 0. The van der Waals surface area contributed by atoms with Crippen LogP contribution in [-0.4, -0.2) is 11.3 Å². The van der Waals surface area contributed by atoms with Gasteiger partial charge in [0.1, 0.15) is 12.4 Å². The van der Waals surface area contributed by atoms with Crippen molar-refractivity contribution in [2.45, 2.75) is 0 Å². The van der Waals surface area contributed by atoms with E-state index in [0.29, 0.717) is 5.82 Å². The van der Waals surface area contributed by atoms with Crippen molar-refractivity contribution in [1.82, 2.24) is 4.98 Å². The van der Waals surface area contributed by atoms with Crippen molar-refractivity contribution in [2.75, 3.05) is 0 Å². The van der Waals surface area contributed by atoms with E-state index in [1.165, 1.54) is 0 Å². The number of aromatic amines is 1. The van der Waals surface area contributed by atoms with E-state index in [9.17, 15) is 4.79 Å². The highest BCUT2D eigenvalue weighted by Crippen LogP contribution is 1.74. The van der Waals surface area contributed by atoms with Gasteiger partial charge in [0.25, 0.3) is 0 Å². The number of imidazole rings is 1. The zero-order chi connectivity index (χ0) is 5.98. The van der Waals surface area contributed by atoms with Gasteiger partial charge in [-0.3, -0.25) is 4.79 Å². The molecule has 3 heteroatoms. The summed E-state index contributed by atoms with van der Waals surface area (Å²) in [5, 5.41) is 0. The number of H-pyrrole nitrogens is 1. The van der Waals surface area contributed by atoms with Gasteiger partial charge >= 0.3 is 5.82 Å². The summed E-state index contributed by atoms with van der Waals surface area (Å²) >= 11 is 0. The molecule has 3 nitrogen and oxygen atoms in total. The van der Waals surface area contributed by atoms with Crippen LogP contribution < -0.4 is 4.57 Å². The van der Waals surface area contributed by atoms with Gasteiger partial charge in [-0.1, -0.05) is 0 Å². The molecule has 0 unspecified atom stereocenters. The van der Waals surface area contributed by atoms with Gasteiger partial charge in [-0.05, 0) is 0 Å². The van der Waals surface area contributed by atoms with Crippen LogP contribution >= 0.6 is 0 Å². The van der Waals surface area contributed by atoms with Gasteiger partial charge in [0.05, 0.1) is 7.05 Å². The Bertz CT molecular complexity index is 192. The van der Waals surface area contributed by atoms with E-state index in [1.807, 2.05) is 0 Å². The van der Waals surface area contributed by atoms with Crippen LogP contribution in [0.3, 0.4) is 0 Å². The zero-order valence-corrected chi connectivity index (χ0v) is 4.59. The smallest absolute Gasteiger partial charge is 0.289 e. The molecule has 1 rings (SSSR count). The number of hydrogen-bond acceptors (Lipinski definition) is 1. The molecule has 8 heavy (non-hydrogen) atoms. The molecule has 0 aliphatic carbocycles. The second kappa shape index (κ2) is 1.78. The molecule has 0 aromatic carbocycles. The molecule has 0 aliphatic heterocycles. The number of aldehydes is 1. The number of nitrogens with zero attached hydrogens (tertiary/aromatic N) is 1. The van der Waals surface area contributed by atoms with Crippen molar-refractivity contribution in [2.24, 2.45) is 7.05 Å². The minimum Gasteiger partial charge on any atom is -0.289 e. The van der Waals surface area contributed by atoms with Crippen LogP contribution in [0.1, 0.15) is 10.6 Å². The van der Waals surface area contributed by atoms with Crippen molar-refractivity contribution in [3.63, 3.8) is 0 Å². The molecule has 0 fully saturated rings. The zero-order valence-electron chi connectivity index (χ0n) is 4.59. The second-order valence-corrected chi connectivity index (χ2v) is 1.57. The lowest BCUT2D eigenvalue weighted by Crippen LogP contribution is -2.29. The van der Waals surface area contributed by atoms with E-state index >= 15 is 0 Å². The topological polar surface area (TPSA) is 36.7 Å². The molecule has 0 radical (unpaired) electrons. The fraction of sp³-hybridized carbons (Fsp3) is 0.200. The number of hydrogen-bond donors (Lipinski definition) is 1. The Kier molecular flexibility index (Phi) is 1.12. The maximum Gasteiger partial charge on any atom is 0.319 e. The number of aromatic nitrogens is 2. The van der Waals surface area contributed by atoms with Crippen molar-refractivity contribution in [3.8, 4) is 0 Å². The largest absolute Gasteiger partial charge is 0.319 e. The molecule has 0 bridgehead atoms. The second-order valence-electron chi connectivity index (χ2n) is 1.57. The Morgan fingerprint density at radius 1 is 1.88 bits per heavy atom. The van der Waals surface area contributed by atoms with Crippen LogP contribution in [0.5, 0.6) is 0 Å². The summed E-state index contributed by atoms with van der Waals surface area (Å²) < 4.78 is 1.72. The number of rotatable bonds is 1. The fourth-order valence-corrected chi connectivity index (χ4v) is 0.534. The van der Waals surface area contributed by atoms with Gasteiger partial charge in [-0.15, -0.1) is 0 Å². The highest BCUT2D eigenvalue weighted by atomic mass is 16.1. The summed E-state index contributed by atoms with van der Waals surface area (Å²) in [6.07, 6.45) is 4.27. The first-order valence-corrected chi connectivity index (χ1v) is 2.33. The highest BCUT2D eigenvalue weighted by molar-refractivity contribution is 5.66. The Balaban J connectivity index is 3.09. The van der Waals surface area contributed by atoms with Crippen LogP contribution in [0.4, 0.5) is 0 Å². The normalized spacial score (nSPS) is 9.12. The molecule has 0 atom stereocenters. The highest BCUT2D eigenvalue weighted by Gasteiger charge is 2.00. The third kappa shape index (κ3) is 0.621. The quantitative estimate of drug-likeness (QED) is 0.390. The fourth-order valence-electron chi connectivity index (χ4n) is 0.534. The molecule has 1 N–H and O–H groups in total. The van der Waals surface area contributed by atoms with E-state index in [4.69, 9.17) is 0 Å². The van der Waals surface area contributed by atoms with Crippen molar-refractivity contribution >= 4 is 6.29 Å². The molecule has 0 aliphatic rings. The molecule has 42 valence electrons. The van der Waals surface area contributed by atoms with Crippen LogP contribution in [0.15, 0.2) is 12.4 Å². The first-order valence-electron chi connectivity index (χ1n) is 2.33. The van der Waals surface area contributed by atoms with Gasteiger partial charge in [0.2, 0.25) is 6.29 Å². The lowest BCUT2D eigenvalue weighted by molar-refractivity contribution is -0.671. The standard InChI is InChI=1S/C5H6N2O/c1-7-3-2-6-5(7)4-8/h2-4H,1H3/p+1. The molecular formula is C5H7N2O+. The summed E-state index contributed by atoms with van der Waals surface area (Å²) in [5.41, 5.74) is 0. The Morgan fingerprint density at radius 2 is 2.62 bits per heavy atom. The molecule has 1 aromatic heterocycles. The lowest BCUT2D eigenvalue weighted by atomic mass is 10.7. The molecule has 0 amide bonds. The number of aryl methyl sites for hydroxylation is 1. The number of carbonyl (C=O) groups is 1. The Labute approximate surface area is 47.0 Å². The van der Waals surface area contributed by atoms with Crippen LogP contribution in [0.2, 0.25) is 0 Å². The van der Waals surface area contributed by atoms with Gasteiger partial charge in [-0.2, -0.15) is 0 Å². The number of nitrogens with one attached hydrogen (secondary N) is 1. The van der Waals surface area contributed by atoms with Gasteiger partial charge in [0, 0.05) is 0 Å². The third-order valence-electron chi connectivity index (χ3n) is 1.02. The Hall–Kier alpha value is -1.12. The van der Waals surface area contributed by atoms with Crippen LogP contribution in [-0.2, 0) is 7.05 Å². The van der Waals surface area contributed by atoms with E-state index in [-0.39, 0.29) is 0 Å². The monoisotopic (exact) mass is 111 g/mol. The Morgan fingerprint density at radius 3 is 2.88 bits per heavy atom. The maximum absolute atomic E-state index is 10.0. The summed E-state index contributed by atoms with van der Waals surface area (Å²) in [6.45, 7) is 0. The molecule has 0 spiro atoms. The maximum atomic E-state index is 10.0. The van der Waals surface area contributed by atoms with Crippen LogP contribution in [0, 0.1) is 0 Å². The average Bonchev–Trinajstić information content (AvgIpc) is 2.14. The molecule has 0 saturated heterocycles. The van der Waals surface area contributed by atoms with Crippen LogP contribution in [0.25, 0.3) is 0 Å². The molecule has 1 heterocycles. The molecule has 0 saturated carbocycles. The number of carbonyl (C=O) groups excluding carboxylic acids is 1. The predicted octanol–water partition coefficient (Wildman–Crippen LogP) is -0.348. The molecule has 1 aromatic rings. The SMILES string of the molecule is C[n+]1cc[nH]c1C=O. The van der Waals surface area contributed by atoms with E-state index in [2.05, 4.69) is 4.98 Å². The summed E-state index contributed by atoms with van der Waals surface area (Å²) in [5.74, 6) is 0.588. The first kappa shape index (κ1) is 5.03. The molecular weight excluding hydrogens is 104 g/mol. The van der Waals surface area contributed by atoms with Crippen molar-refractivity contribution < 1.29 is 9.36 Å². The summed E-state index contributed by atoms with van der Waals surface area (Å²) in [4.78, 5) is 12.8. The lowest BCUT2D eigenvalue weighted by Gasteiger charge is -1.76. The minimum absolute atomic E-state index is 0.588. The van der Waals surface area contributed by atoms with Gasteiger partial charge < -0.3 is 0 Å². The van der Waals surface area contributed by atoms with E-state index < -0.39 is 0 Å². The summed E-state index contributed by atoms with van der Waals surface area (Å²) in [7, 11) is 1.81. The van der Waals surface area contributed by atoms with E-state index in [0.717, 1.165) is 6.29 Å². The van der Waals surface area contributed by atoms with Crippen molar-refractivity contribution in [3.05, 3.63) is 18.2 Å². The third-order valence-corrected chi connectivity index (χ3v) is 1.02. The minimum atomic E-state index is 0.588. The first-order chi connectivity index (χ1) is 3.84. The average molecular weight is 111 g/mol. The van der Waals surface area contributed by atoms with Gasteiger partial charge in [-0.25, -0.2) is 9.55 Å². The van der Waals surface area contributed by atoms with Gasteiger partial charge in [0.15, 0.2) is 0 Å². The predicted molar refractivity (Wildman–Crippen MR) is 27.4 cm³/mol.